The van der Waals surface area contributed by atoms with Crippen molar-refractivity contribution in [3.63, 3.8) is 0 Å². The normalized spacial score (nSPS) is 18.0. The van der Waals surface area contributed by atoms with Crippen LogP contribution in [0, 0.1) is 5.92 Å². The molecule has 1 aromatic heterocycles. The van der Waals surface area contributed by atoms with Crippen LogP contribution in [-0.2, 0) is 9.59 Å². The number of amides is 2. The van der Waals surface area contributed by atoms with Crippen LogP contribution in [0.5, 0.6) is 11.5 Å². The number of nitrogens with zero attached hydrogens (tertiary/aromatic N) is 3. The number of benzene rings is 2. The summed E-state index contributed by atoms with van der Waals surface area (Å²) in [5.74, 6) is 1.42. The highest BCUT2D eigenvalue weighted by Crippen LogP contribution is 2.43. The van der Waals surface area contributed by atoms with E-state index < -0.39 is 12.0 Å². The molecule has 34 heavy (non-hydrogen) atoms. The van der Waals surface area contributed by atoms with Crippen LogP contribution in [0.3, 0.4) is 0 Å². The van der Waals surface area contributed by atoms with E-state index in [1.165, 1.54) is 11.3 Å². The summed E-state index contributed by atoms with van der Waals surface area (Å²) in [4.78, 5) is 28.5. The van der Waals surface area contributed by atoms with Crippen molar-refractivity contribution in [2.45, 2.75) is 30.1 Å². The van der Waals surface area contributed by atoms with Gasteiger partial charge in [-0.1, -0.05) is 48.2 Å². The number of hydrogen-bond acceptors (Lipinski definition) is 8. The van der Waals surface area contributed by atoms with Crippen molar-refractivity contribution in [3.8, 4) is 11.5 Å². The van der Waals surface area contributed by atoms with Crippen LogP contribution < -0.4 is 19.7 Å². The Morgan fingerprint density at radius 1 is 1.15 bits per heavy atom. The van der Waals surface area contributed by atoms with Gasteiger partial charge in [-0.3, -0.25) is 9.59 Å². The molecule has 1 N–H and O–H groups in total. The van der Waals surface area contributed by atoms with Gasteiger partial charge in [0.25, 0.3) is 0 Å². The van der Waals surface area contributed by atoms with E-state index >= 15 is 0 Å². The standard InChI is InChI=1S/C24H26N4O4S2/c1-4-33-24-27-26-23(34-24)25-22(30)18-13-14-20(29)28(15-9-11-16(31-2)12-10-15)21(18)17-7-5-6-8-19(17)32-3/h5-12,18,21H,4,13-14H2,1-3H3,(H,25,26,30). The molecule has 2 heterocycles. The Labute approximate surface area is 206 Å². The molecule has 2 aromatic carbocycles. The first-order valence-corrected chi connectivity index (χ1v) is 12.7. The number of rotatable bonds is 8. The van der Waals surface area contributed by atoms with Crippen LogP contribution in [0.4, 0.5) is 10.8 Å². The van der Waals surface area contributed by atoms with Crippen molar-refractivity contribution in [2.24, 2.45) is 5.92 Å². The number of aromatic nitrogens is 2. The quantitative estimate of drug-likeness (QED) is 0.352. The molecule has 2 unspecified atom stereocenters. The van der Waals surface area contributed by atoms with E-state index in [-0.39, 0.29) is 18.2 Å². The molecule has 0 bridgehead atoms. The molecule has 0 radical (unpaired) electrons. The molecule has 1 aliphatic rings. The topological polar surface area (TPSA) is 93.7 Å². The molecule has 2 amide bonds. The predicted octanol–water partition coefficient (Wildman–Crippen LogP) is 4.79. The number of anilines is 2. The van der Waals surface area contributed by atoms with Crippen LogP contribution >= 0.6 is 23.1 Å². The minimum atomic E-state index is -0.553. The lowest BCUT2D eigenvalue weighted by Crippen LogP contribution is -2.47. The highest BCUT2D eigenvalue weighted by atomic mass is 32.2. The van der Waals surface area contributed by atoms with Gasteiger partial charge in [0.2, 0.25) is 16.9 Å². The fourth-order valence-corrected chi connectivity index (χ4v) is 5.77. The van der Waals surface area contributed by atoms with Crippen LogP contribution in [-0.4, -0.2) is 42.0 Å². The van der Waals surface area contributed by atoms with Gasteiger partial charge < -0.3 is 19.7 Å². The number of carbonyl (C=O) groups is 2. The number of carbonyl (C=O) groups excluding carboxylic acids is 2. The van der Waals surface area contributed by atoms with Gasteiger partial charge in [-0.2, -0.15) is 0 Å². The first-order chi connectivity index (χ1) is 16.5. The molecule has 178 valence electrons. The van der Waals surface area contributed by atoms with Gasteiger partial charge in [-0.15, -0.1) is 10.2 Å². The monoisotopic (exact) mass is 498 g/mol. The van der Waals surface area contributed by atoms with Crippen LogP contribution in [0.2, 0.25) is 0 Å². The third-order valence-electron chi connectivity index (χ3n) is 5.65. The SMILES string of the molecule is CCSc1nnc(NC(=O)C2CCC(=O)N(c3ccc(OC)cc3)C2c2ccccc2OC)s1. The Kier molecular flexibility index (Phi) is 7.69. The summed E-state index contributed by atoms with van der Waals surface area (Å²) in [6.45, 7) is 2.04. The van der Waals surface area contributed by atoms with Gasteiger partial charge in [0.15, 0.2) is 4.34 Å². The van der Waals surface area contributed by atoms with Gasteiger partial charge in [-0.05, 0) is 42.5 Å². The van der Waals surface area contributed by atoms with Gasteiger partial charge in [0, 0.05) is 17.7 Å². The molecule has 1 saturated heterocycles. The van der Waals surface area contributed by atoms with E-state index in [9.17, 15) is 9.59 Å². The number of hydrogen-bond donors (Lipinski definition) is 1. The van der Waals surface area contributed by atoms with E-state index in [1.807, 2.05) is 43.3 Å². The molecule has 0 saturated carbocycles. The molecule has 10 heteroatoms. The highest BCUT2D eigenvalue weighted by molar-refractivity contribution is 8.01. The number of methoxy groups -OCH3 is 2. The second-order valence-corrected chi connectivity index (χ2v) is 10.1. The zero-order valence-corrected chi connectivity index (χ0v) is 20.8. The van der Waals surface area contributed by atoms with Crippen LogP contribution in [0.15, 0.2) is 52.9 Å². The van der Waals surface area contributed by atoms with E-state index in [2.05, 4.69) is 15.5 Å². The second kappa shape index (κ2) is 10.9. The van der Waals surface area contributed by atoms with Crippen LogP contribution in [0.1, 0.15) is 31.4 Å². The van der Waals surface area contributed by atoms with Crippen molar-refractivity contribution in [1.82, 2.24) is 10.2 Å². The molecular weight excluding hydrogens is 472 g/mol. The number of thioether (sulfide) groups is 1. The molecule has 1 aliphatic heterocycles. The molecule has 3 aromatic rings. The summed E-state index contributed by atoms with van der Waals surface area (Å²) in [6.07, 6.45) is 0.665. The summed E-state index contributed by atoms with van der Waals surface area (Å²) in [7, 11) is 3.18. The zero-order chi connectivity index (χ0) is 24.1. The fourth-order valence-electron chi connectivity index (χ4n) is 4.12. The summed E-state index contributed by atoms with van der Waals surface area (Å²) in [6, 6.07) is 14.2. The lowest BCUT2D eigenvalue weighted by atomic mass is 9.82. The van der Waals surface area contributed by atoms with E-state index in [4.69, 9.17) is 9.47 Å². The van der Waals surface area contributed by atoms with Crippen molar-refractivity contribution in [3.05, 3.63) is 54.1 Å². The Bertz CT molecular complexity index is 1150. The maximum absolute atomic E-state index is 13.5. The Balaban J connectivity index is 1.72. The van der Waals surface area contributed by atoms with Crippen molar-refractivity contribution in [1.29, 1.82) is 0 Å². The zero-order valence-electron chi connectivity index (χ0n) is 19.2. The lowest BCUT2D eigenvalue weighted by Gasteiger charge is -2.41. The molecule has 8 nitrogen and oxygen atoms in total. The first kappa shape index (κ1) is 24.0. The first-order valence-electron chi connectivity index (χ1n) is 10.9. The predicted molar refractivity (Wildman–Crippen MR) is 134 cm³/mol. The Morgan fingerprint density at radius 3 is 2.62 bits per heavy atom. The Hall–Kier alpha value is -3.11. The molecule has 0 spiro atoms. The maximum atomic E-state index is 13.5. The van der Waals surface area contributed by atoms with E-state index in [0.717, 1.165) is 15.7 Å². The number of ether oxygens (including phenoxy) is 2. The number of piperidine rings is 1. The molecule has 0 aliphatic carbocycles. The summed E-state index contributed by atoms with van der Waals surface area (Å²) >= 11 is 2.92. The number of para-hydroxylation sites is 1. The molecule has 1 fully saturated rings. The van der Waals surface area contributed by atoms with Gasteiger partial charge in [-0.25, -0.2) is 0 Å². The average molecular weight is 499 g/mol. The van der Waals surface area contributed by atoms with Crippen molar-refractivity contribution in [2.75, 3.05) is 30.2 Å². The lowest BCUT2D eigenvalue weighted by molar-refractivity contribution is -0.126. The molecule has 4 rings (SSSR count). The van der Waals surface area contributed by atoms with Crippen LogP contribution in [0.25, 0.3) is 0 Å². The Morgan fingerprint density at radius 2 is 1.91 bits per heavy atom. The molecular formula is C24H26N4O4S2. The van der Waals surface area contributed by atoms with E-state index in [0.29, 0.717) is 28.7 Å². The summed E-state index contributed by atoms with van der Waals surface area (Å²) in [5.41, 5.74) is 1.46. The minimum Gasteiger partial charge on any atom is -0.497 e. The third kappa shape index (κ3) is 5.02. The molecule has 2 atom stereocenters. The smallest absolute Gasteiger partial charge is 0.231 e. The average Bonchev–Trinajstić information content (AvgIpc) is 3.30. The number of nitrogens with one attached hydrogen (secondary N) is 1. The minimum absolute atomic E-state index is 0.0531. The highest BCUT2D eigenvalue weighted by Gasteiger charge is 2.43. The van der Waals surface area contributed by atoms with Crippen molar-refractivity contribution >= 4 is 45.7 Å². The fraction of sp³-hybridized carbons (Fsp3) is 0.333. The van der Waals surface area contributed by atoms with Crippen molar-refractivity contribution < 1.29 is 19.1 Å². The maximum Gasteiger partial charge on any atom is 0.231 e. The van der Waals surface area contributed by atoms with Gasteiger partial charge >= 0.3 is 0 Å². The third-order valence-corrected chi connectivity index (χ3v) is 7.50. The van der Waals surface area contributed by atoms with Gasteiger partial charge in [0.1, 0.15) is 11.5 Å². The summed E-state index contributed by atoms with van der Waals surface area (Å²) in [5, 5.41) is 11.6. The van der Waals surface area contributed by atoms with E-state index in [1.54, 1.807) is 43.0 Å². The van der Waals surface area contributed by atoms with Gasteiger partial charge in [0.05, 0.1) is 26.2 Å². The summed E-state index contributed by atoms with van der Waals surface area (Å²) < 4.78 is 11.7. The second-order valence-electron chi connectivity index (χ2n) is 7.59. The largest absolute Gasteiger partial charge is 0.497 e.